The van der Waals surface area contributed by atoms with Crippen LogP contribution in [0.1, 0.15) is 16.8 Å². The maximum absolute atomic E-state index is 13.0. The fraction of sp³-hybridized carbons (Fsp3) is 0.208. The molecule has 2 heterocycles. The van der Waals surface area contributed by atoms with Crippen molar-refractivity contribution in [3.05, 3.63) is 83.7 Å². The molecule has 0 aliphatic carbocycles. The van der Waals surface area contributed by atoms with Crippen molar-refractivity contribution < 1.29 is 45.4 Å². The fourth-order valence-electron chi connectivity index (χ4n) is 3.74. The zero-order chi connectivity index (χ0) is 26.8. The van der Waals surface area contributed by atoms with E-state index in [4.69, 9.17) is 0 Å². The second kappa shape index (κ2) is 9.99. The number of hydrogen-bond acceptors (Lipinski definition) is 5. The van der Waals surface area contributed by atoms with E-state index in [2.05, 4.69) is 14.5 Å². The first-order valence-corrected chi connectivity index (χ1v) is 10.6. The van der Waals surface area contributed by atoms with Crippen molar-refractivity contribution in [1.29, 1.82) is 0 Å². The summed E-state index contributed by atoms with van der Waals surface area (Å²) in [6, 6.07) is 13.5. The Hall–Kier alpha value is -4.29. The van der Waals surface area contributed by atoms with E-state index in [-0.39, 0.29) is 6.54 Å². The summed E-state index contributed by atoms with van der Waals surface area (Å²) in [6.07, 6.45) is -8.46. The summed E-state index contributed by atoms with van der Waals surface area (Å²) in [5, 5.41) is 0. The summed E-state index contributed by atoms with van der Waals surface area (Å²) < 4.78 is 83.8. The molecule has 1 aliphatic heterocycles. The smallest absolute Gasteiger partial charge is 0.406 e. The van der Waals surface area contributed by atoms with Gasteiger partial charge in [-0.25, -0.2) is 9.69 Å². The topological polar surface area (TPSA) is 72.0 Å². The minimum atomic E-state index is -5.32. The van der Waals surface area contributed by atoms with Crippen LogP contribution in [0.15, 0.2) is 66.9 Å². The second-order valence-electron chi connectivity index (χ2n) is 7.91. The van der Waals surface area contributed by atoms with Gasteiger partial charge < -0.3 is 14.4 Å². The van der Waals surface area contributed by atoms with Gasteiger partial charge in [-0.2, -0.15) is 0 Å². The molecule has 0 spiro atoms. The number of aromatic nitrogens is 1. The molecule has 37 heavy (non-hydrogen) atoms. The first-order chi connectivity index (χ1) is 17.4. The molecule has 0 unspecified atom stereocenters. The fourth-order valence-corrected chi connectivity index (χ4v) is 3.74. The highest BCUT2D eigenvalue weighted by molar-refractivity contribution is 6.20. The number of nitrogens with zero attached hydrogens (tertiary/aromatic N) is 3. The molecule has 1 aliphatic rings. The first kappa shape index (κ1) is 25.8. The Bertz CT molecular complexity index is 1300. The lowest BCUT2D eigenvalue weighted by molar-refractivity contribution is -0.276. The number of urea groups is 1. The van der Waals surface area contributed by atoms with Crippen molar-refractivity contribution in [3.63, 3.8) is 0 Å². The Morgan fingerprint density at radius 1 is 0.838 bits per heavy atom. The Labute approximate surface area is 205 Å². The van der Waals surface area contributed by atoms with Gasteiger partial charge >= 0.3 is 18.8 Å². The Morgan fingerprint density at radius 3 is 2.22 bits per heavy atom. The second-order valence-corrected chi connectivity index (χ2v) is 7.91. The van der Waals surface area contributed by atoms with Crippen molar-refractivity contribution in [3.8, 4) is 11.5 Å². The van der Waals surface area contributed by atoms with E-state index in [9.17, 15) is 35.9 Å². The van der Waals surface area contributed by atoms with E-state index in [1.165, 1.54) is 6.20 Å². The van der Waals surface area contributed by atoms with Crippen molar-refractivity contribution >= 4 is 17.6 Å². The van der Waals surface area contributed by atoms with Gasteiger partial charge in [0, 0.05) is 30.9 Å². The Morgan fingerprint density at radius 2 is 1.54 bits per heavy atom. The number of anilines is 1. The molecular weight excluding hydrogens is 508 g/mol. The number of imide groups is 1. The lowest BCUT2D eigenvalue weighted by atomic mass is 10.1. The molecule has 7 nitrogen and oxygen atoms in total. The Balaban J connectivity index is 1.56. The van der Waals surface area contributed by atoms with Gasteiger partial charge in [-0.1, -0.05) is 30.3 Å². The number of rotatable bonds is 7. The lowest BCUT2D eigenvalue weighted by Crippen LogP contribution is -2.33. The minimum absolute atomic E-state index is 0.0594. The average molecular weight is 525 g/mol. The molecule has 13 heteroatoms. The lowest BCUT2D eigenvalue weighted by Gasteiger charge is -2.21. The summed E-state index contributed by atoms with van der Waals surface area (Å²) in [4.78, 5) is 31.4. The monoisotopic (exact) mass is 525 g/mol. The van der Waals surface area contributed by atoms with Crippen molar-refractivity contribution in [1.82, 2.24) is 9.88 Å². The number of ether oxygens (including phenoxy) is 2. The van der Waals surface area contributed by atoms with Crippen molar-refractivity contribution in [2.24, 2.45) is 0 Å². The van der Waals surface area contributed by atoms with E-state index >= 15 is 0 Å². The molecule has 1 aromatic heterocycles. The summed E-state index contributed by atoms with van der Waals surface area (Å²) in [6.45, 7) is -0.530. The number of pyridine rings is 1. The standard InChI is InChI=1S/C24H17F6N3O4/c25-23(26,27)36-18-6-7-19(20(12-18)37-24(28,29)30)33-21(34)14-32(22(33)35)13-16-8-9-31-17(11-16)10-15-4-2-1-3-5-15/h1-9,11-12H,10,13-14H2. The predicted octanol–water partition coefficient (Wildman–Crippen LogP) is 5.44. The summed E-state index contributed by atoms with van der Waals surface area (Å²) in [7, 11) is 0. The minimum Gasteiger partial charge on any atom is -0.406 e. The van der Waals surface area contributed by atoms with Crippen LogP contribution in [0.3, 0.4) is 0 Å². The van der Waals surface area contributed by atoms with Gasteiger partial charge in [0.25, 0.3) is 5.91 Å². The first-order valence-electron chi connectivity index (χ1n) is 10.6. The largest absolute Gasteiger partial charge is 0.573 e. The molecule has 3 aromatic rings. The molecule has 1 fully saturated rings. The third kappa shape index (κ3) is 6.68. The highest BCUT2D eigenvalue weighted by Crippen LogP contribution is 2.39. The highest BCUT2D eigenvalue weighted by atomic mass is 19.4. The molecule has 0 radical (unpaired) electrons. The Kier molecular flexibility index (Phi) is 6.96. The van der Waals surface area contributed by atoms with Crippen LogP contribution < -0.4 is 14.4 Å². The number of hydrogen-bond donors (Lipinski definition) is 0. The number of amides is 3. The van der Waals surface area contributed by atoms with Crippen LogP contribution in [0.5, 0.6) is 11.5 Å². The van der Waals surface area contributed by atoms with E-state index in [1.807, 2.05) is 30.3 Å². The number of halogens is 6. The van der Waals surface area contributed by atoms with Crippen LogP contribution in [0, 0.1) is 0 Å². The van der Waals surface area contributed by atoms with Crippen molar-refractivity contribution in [2.75, 3.05) is 11.4 Å². The van der Waals surface area contributed by atoms with Gasteiger partial charge in [0.2, 0.25) is 0 Å². The predicted molar refractivity (Wildman–Crippen MR) is 117 cm³/mol. The van der Waals surface area contributed by atoms with E-state index < -0.39 is 48.4 Å². The van der Waals surface area contributed by atoms with Gasteiger partial charge in [-0.3, -0.25) is 9.78 Å². The third-order valence-electron chi connectivity index (χ3n) is 5.15. The summed E-state index contributed by atoms with van der Waals surface area (Å²) in [5.41, 5.74) is 1.63. The molecule has 0 saturated carbocycles. The van der Waals surface area contributed by atoms with Gasteiger partial charge in [-0.05, 0) is 35.4 Å². The molecule has 194 valence electrons. The van der Waals surface area contributed by atoms with Crippen LogP contribution in [-0.2, 0) is 17.8 Å². The zero-order valence-corrected chi connectivity index (χ0v) is 18.7. The van der Waals surface area contributed by atoms with Crippen LogP contribution in [0.25, 0.3) is 0 Å². The SMILES string of the molecule is O=C1CN(Cc2ccnc(Cc3ccccc3)c2)C(=O)N1c1ccc(OC(F)(F)F)cc1OC(F)(F)F. The van der Waals surface area contributed by atoms with Gasteiger partial charge in [-0.15, -0.1) is 26.3 Å². The molecule has 0 atom stereocenters. The van der Waals surface area contributed by atoms with Gasteiger partial charge in [0.1, 0.15) is 12.3 Å². The molecule has 3 amide bonds. The molecule has 4 rings (SSSR count). The molecular formula is C24H17F6N3O4. The maximum Gasteiger partial charge on any atom is 0.573 e. The molecule has 1 saturated heterocycles. The normalized spacial score (nSPS) is 14.3. The highest BCUT2D eigenvalue weighted by Gasteiger charge is 2.41. The zero-order valence-electron chi connectivity index (χ0n) is 18.7. The van der Waals surface area contributed by atoms with Gasteiger partial charge in [0.15, 0.2) is 5.75 Å². The van der Waals surface area contributed by atoms with E-state index in [0.29, 0.717) is 40.8 Å². The van der Waals surface area contributed by atoms with Crippen LogP contribution >= 0.6 is 0 Å². The number of benzene rings is 2. The van der Waals surface area contributed by atoms with E-state index in [0.717, 1.165) is 10.5 Å². The van der Waals surface area contributed by atoms with Crippen LogP contribution in [-0.4, -0.2) is 41.1 Å². The maximum atomic E-state index is 13.0. The van der Waals surface area contributed by atoms with Crippen LogP contribution in [0.4, 0.5) is 36.8 Å². The number of alkyl halides is 6. The summed E-state index contributed by atoms with van der Waals surface area (Å²) >= 11 is 0. The molecule has 0 N–H and O–H groups in total. The number of carbonyl (C=O) groups excluding carboxylic acids is 2. The molecule has 2 aromatic carbocycles. The third-order valence-corrected chi connectivity index (χ3v) is 5.15. The number of carbonyl (C=O) groups is 2. The quantitative estimate of drug-likeness (QED) is 0.304. The van der Waals surface area contributed by atoms with Crippen LogP contribution in [0.2, 0.25) is 0 Å². The molecule has 0 bridgehead atoms. The summed E-state index contributed by atoms with van der Waals surface area (Å²) in [5.74, 6) is -3.11. The van der Waals surface area contributed by atoms with Gasteiger partial charge in [0.05, 0.1) is 5.69 Å². The average Bonchev–Trinajstić information content (AvgIpc) is 3.05. The van der Waals surface area contributed by atoms with Crippen molar-refractivity contribution in [2.45, 2.75) is 25.7 Å². The van der Waals surface area contributed by atoms with E-state index in [1.54, 1.807) is 12.1 Å².